The van der Waals surface area contributed by atoms with E-state index in [4.69, 9.17) is 21.1 Å². The summed E-state index contributed by atoms with van der Waals surface area (Å²) in [6.07, 6.45) is 0. The highest BCUT2D eigenvalue weighted by molar-refractivity contribution is 6.30. The molecule has 3 aromatic rings. The maximum atomic E-state index is 13.1. The van der Waals surface area contributed by atoms with Crippen LogP contribution in [0.15, 0.2) is 47.3 Å². The first-order valence-electron chi connectivity index (χ1n) is 8.96. The highest BCUT2D eigenvalue weighted by Gasteiger charge is 2.25. The van der Waals surface area contributed by atoms with Gasteiger partial charge in [-0.1, -0.05) is 17.7 Å². The van der Waals surface area contributed by atoms with Crippen molar-refractivity contribution in [2.75, 3.05) is 6.79 Å². The van der Waals surface area contributed by atoms with E-state index in [9.17, 15) is 20.0 Å². The predicted octanol–water partition coefficient (Wildman–Crippen LogP) is 3.40. The van der Waals surface area contributed by atoms with Crippen molar-refractivity contribution in [1.82, 2.24) is 4.57 Å². The summed E-state index contributed by atoms with van der Waals surface area (Å²) in [5, 5.41) is 20.8. The molecule has 7 nitrogen and oxygen atoms in total. The summed E-state index contributed by atoms with van der Waals surface area (Å²) in [4.78, 5) is 25.9. The molecule has 8 heteroatoms. The first kappa shape index (κ1) is 19.6. The van der Waals surface area contributed by atoms with E-state index in [2.05, 4.69) is 0 Å². The Morgan fingerprint density at radius 1 is 1.20 bits per heavy atom. The number of pyridine rings is 1. The minimum Gasteiger partial charge on any atom is -0.494 e. The Morgan fingerprint density at radius 3 is 2.60 bits per heavy atom. The maximum Gasteiger partial charge on any atom is 0.271 e. The third-order valence-electron chi connectivity index (χ3n) is 4.91. The zero-order valence-corrected chi connectivity index (χ0v) is 16.6. The molecule has 0 aliphatic carbocycles. The van der Waals surface area contributed by atoms with Gasteiger partial charge < -0.3 is 14.6 Å². The summed E-state index contributed by atoms with van der Waals surface area (Å²) >= 11 is 5.88. The molecule has 1 aromatic heterocycles. The summed E-state index contributed by atoms with van der Waals surface area (Å²) in [7, 11) is 0. The maximum absolute atomic E-state index is 13.1. The van der Waals surface area contributed by atoms with E-state index in [1.165, 1.54) is 19.1 Å². The van der Waals surface area contributed by atoms with Gasteiger partial charge in [0, 0.05) is 10.6 Å². The van der Waals surface area contributed by atoms with Gasteiger partial charge in [0.25, 0.3) is 5.56 Å². The highest BCUT2D eigenvalue weighted by atomic mass is 35.5. The van der Waals surface area contributed by atoms with Gasteiger partial charge >= 0.3 is 0 Å². The van der Waals surface area contributed by atoms with Gasteiger partial charge in [-0.3, -0.25) is 14.2 Å². The molecule has 4 rings (SSSR count). The average molecular weight is 423 g/mol. The molecule has 1 N–H and O–H groups in total. The Morgan fingerprint density at radius 2 is 1.90 bits per heavy atom. The van der Waals surface area contributed by atoms with Crippen molar-refractivity contribution < 1.29 is 19.4 Å². The lowest BCUT2D eigenvalue weighted by atomic mass is 9.97. The second-order valence-corrected chi connectivity index (χ2v) is 7.16. The minimum absolute atomic E-state index is 0.0584. The largest absolute Gasteiger partial charge is 0.494 e. The van der Waals surface area contributed by atoms with Gasteiger partial charge in [-0.25, -0.2) is 0 Å². The van der Waals surface area contributed by atoms with E-state index in [0.29, 0.717) is 22.1 Å². The van der Waals surface area contributed by atoms with Crippen LogP contribution in [-0.4, -0.2) is 22.2 Å². The van der Waals surface area contributed by atoms with Crippen LogP contribution in [0.1, 0.15) is 32.6 Å². The average Bonchev–Trinajstić information content (AvgIpc) is 3.20. The zero-order chi connectivity index (χ0) is 21.4. The molecule has 30 heavy (non-hydrogen) atoms. The SMILES string of the molecule is Cc1c(C(=O)c2ccc(Cl)cc2)c(O)n(Cc2ccc3c(c2)OCO3)c(=O)c1C#N. The molecule has 150 valence electrons. The number of ether oxygens (including phenoxy) is 2. The fourth-order valence-electron chi connectivity index (χ4n) is 3.34. The zero-order valence-electron chi connectivity index (χ0n) is 15.8. The molecule has 0 saturated heterocycles. The number of carbonyl (C=O) groups is 1. The molecule has 2 heterocycles. The highest BCUT2D eigenvalue weighted by Crippen LogP contribution is 2.33. The first-order valence-corrected chi connectivity index (χ1v) is 9.33. The Hall–Kier alpha value is -3.76. The number of fused-ring (bicyclic) bond motifs is 1. The molecule has 0 amide bonds. The quantitative estimate of drug-likeness (QED) is 0.646. The number of halogens is 1. The van der Waals surface area contributed by atoms with E-state index in [-0.39, 0.29) is 35.6 Å². The topological polar surface area (TPSA) is 102 Å². The summed E-state index contributed by atoms with van der Waals surface area (Å²) < 4.78 is 11.6. The smallest absolute Gasteiger partial charge is 0.271 e. The molecule has 0 radical (unpaired) electrons. The molecule has 0 unspecified atom stereocenters. The van der Waals surface area contributed by atoms with Crippen LogP contribution < -0.4 is 15.0 Å². The van der Waals surface area contributed by atoms with Crippen molar-refractivity contribution in [2.45, 2.75) is 13.5 Å². The Balaban J connectivity index is 1.84. The van der Waals surface area contributed by atoms with Crippen LogP contribution in [-0.2, 0) is 6.54 Å². The van der Waals surface area contributed by atoms with E-state index in [1.54, 1.807) is 30.3 Å². The van der Waals surface area contributed by atoms with E-state index >= 15 is 0 Å². The lowest BCUT2D eigenvalue weighted by Gasteiger charge is -2.16. The molecular formula is C22H15ClN2O5. The second-order valence-electron chi connectivity index (χ2n) is 6.73. The van der Waals surface area contributed by atoms with Crippen LogP contribution in [0.25, 0.3) is 0 Å². The number of aromatic nitrogens is 1. The van der Waals surface area contributed by atoms with Crippen LogP contribution in [0.4, 0.5) is 0 Å². The van der Waals surface area contributed by atoms with Gasteiger partial charge in [0.15, 0.2) is 17.3 Å². The number of hydrogen-bond acceptors (Lipinski definition) is 6. The summed E-state index contributed by atoms with van der Waals surface area (Å²) in [6.45, 7) is 1.51. The monoisotopic (exact) mass is 422 g/mol. The van der Waals surface area contributed by atoms with Gasteiger partial charge in [0.05, 0.1) is 12.1 Å². The molecule has 0 fully saturated rings. The molecule has 1 aliphatic heterocycles. The lowest BCUT2D eigenvalue weighted by Crippen LogP contribution is -2.27. The fraction of sp³-hybridized carbons (Fsp3) is 0.136. The van der Waals surface area contributed by atoms with E-state index < -0.39 is 17.2 Å². The Bertz CT molecular complexity index is 1270. The van der Waals surface area contributed by atoms with Crippen molar-refractivity contribution in [3.63, 3.8) is 0 Å². The van der Waals surface area contributed by atoms with Gasteiger partial charge in [-0.2, -0.15) is 5.26 Å². The van der Waals surface area contributed by atoms with Crippen molar-refractivity contribution in [1.29, 1.82) is 5.26 Å². The lowest BCUT2D eigenvalue weighted by molar-refractivity contribution is 0.103. The number of nitriles is 1. The van der Waals surface area contributed by atoms with Crippen molar-refractivity contribution in [2.24, 2.45) is 0 Å². The van der Waals surface area contributed by atoms with Crippen molar-refractivity contribution >= 4 is 17.4 Å². The summed E-state index contributed by atoms with van der Waals surface area (Å²) in [5.41, 5.74) is 0.0454. The third kappa shape index (κ3) is 3.27. The normalized spacial score (nSPS) is 11.9. The number of aromatic hydroxyl groups is 1. The number of ketones is 1. The number of rotatable bonds is 4. The van der Waals surface area contributed by atoms with Crippen LogP contribution in [0.5, 0.6) is 17.4 Å². The molecule has 2 aromatic carbocycles. The number of benzene rings is 2. The van der Waals surface area contributed by atoms with Gasteiger partial charge in [0.2, 0.25) is 12.7 Å². The van der Waals surface area contributed by atoms with Crippen LogP contribution in [0, 0.1) is 18.3 Å². The van der Waals surface area contributed by atoms with Crippen LogP contribution in [0.3, 0.4) is 0 Å². The second kappa shape index (κ2) is 7.58. The summed E-state index contributed by atoms with van der Waals surface area (Å²) in [5.74, 6) is 0.0763. The predicted molar refractivity (Wildman–Crippen MR) is 108 cm³/mol. The molecule has 1 aliphatic rings. The Kier molecular flexibility index (Phi) is 4.94. The third-order valence-corrected chi connectivity index (χ3v) is 5.16. The molecular weight excluding hydrogens is 408 g/mol. The van der Waals surface area contributed by atoms with Crippen molar-refractivity contribution in [3.8, 4) is 23.4 Å². The molecule has 0 saturated carbocycles. The Labute approximate surface area is 176 Å². The standard InChI is InChI=1S/C22H15ClN2O5/c1-12-16(9-24)21(27)25(10-13-2-7-17-18(8-13)30-11-29-17)22(28)19(12)20(26)14-3-5-15(23)6-4-14/h2-8,28H,10-11H2,1H3. The number of hydrogen-bond donors (Lipinski definition) is 1. The number of carbonyl (C=O) groups excluding carboxylic acids is 1. The summed E-state index contributed by atoms with van der Waals surface area (Å²) in [6, 6.07) is 13.1. The first-order chi connectivity index (χ1) is 14.4. The van der Waals surface area contributed by atoms with E-state index in [1.807, 2.05) is 6.07 Å². The van der Waals surface area contributed by atoms with Crippen LogP contribution >= 0.6 is 11.6 Å². The van der Waals surface area contributed by atoms with Crippen molar-refractivity contribution in [3.05, 3.63) is 85.7 Å². The van der Waals surface area contributed by atoms with Gasteiger partial charge in [-0.15, -0.1) is 0 Å². The molecule has 0 atom stereocenters. The fourth-order valence-corrected chi connectivity index (χ4v) is 3.46. The van der Waals surface area contributed by atoms with Gasteiger partial charge in [-0.05, 0) is 54.4 Å². The van der Waals surface area contributed by atoms with Crippen LogP contribution in [0.2, 0.25) is 5.02 Å². The minimum atomic E-state index is -0.683. The van der Waals surface area contributed by atoms with E-state index in [0.717, 1.165) is 4.57 Å². The molecule has 0 spiro atoms. The molecule has 0 bridgehead atoms. The van der Waals surface area contributed by atoms with Gasteiger partial charge in [0.1, 0.15) is 11.6 Å². The number of nitrogens with zero attached hydrogens (tertiary/aromatic N) is 2.